The minimum atomic E-state index is -4.61. The van der Waals surface area contributed by atoms with Crippen LogP contribution in [0.15, 0.2) is 127 Å². The molecule has 3 heterocycles. The Labute approximate surface area is 351 Å². The molecule has 0 saturated heterocycles. The summed E-state index contributed by atoms with van der Waals surface area (Å²) in [5.41, 5.74) is 4.04. The summed E-state index contributed by atoms with van der Waals surface area (Å²) < 4.78 is 38.1. The topological polar surface area (TPSA) is 209 Å². The zero-order valence-electron chi connectivity index (χ0n) is 32.4. The molecule has 5 amide bonds. The van der Waals surface area contributed by atoms with Gasteiger partial charge in [-0.1, -0.05) is 103 Å². The van der Waals surface area contributed by atoms with Gasteiger partial charge in [0.15, 0.2) is 6.61 Å². The molecule has 2 aliphatic heterocycles. The molecular weight excluding hydrogens is 807 g/mol. The smallest absolute Gasteiger partial charge is 0.283 e. The SMILES string of the molecule is O=C1COc2ccc(cc2)C[C@@H](C(=O)NCS(=O)(=O)O)NC(=O)[C@H](CCc2ccccc2)NC(=O)[C@@H](Cc2ccc(-c3ccccc3)cc2)NC(=O)[C@H](Cc2cccs2)N1. The third-order valence-corrected chi connectivity index (χ3v) is 11.2. The molecule has 0 spiro atoms. The van der Waals surface area contributed by atoms with E-state index in [2.05, 4.69) is 26.6 Å². The molecule has 0 saturated carbocycles. The largest absolute Gasteiger partial charge is 0.484 e. The number of ether oxygens (including phenoxy) is 1. The van der Waals surface area contributed by atoms with E-state index in [1.165, 1.54) is 11.3 Å². The maximum absolute atomic E-state index is 14.5. The maximum Gasteiger partial charge on any atom is 0.283 e. The molecule has 2 bridgehead atoms. The van der Waals surface area contributed by atoms with Crippen molar-refractivity contribution in [2.24, 2.45) is 0 Å². The Morgan fingerprint density at radius 3 is 1.95 bits per heavy atom. The second kappa shape index (κ2) is 20.6. The molecule has 6 N–H and O–H groups in total. The van der Waals surface area contributed by atoms with Crippen LogP contribution in [0.5, 0.6) is 5.75 Å². The van der Waals surface area contributed by atoms with Gasteiger partial charge in [0.1, 0.15) is 35.8 Å². The van der Waals surface area contributed by atoms with Crippen molar-refractivity contribution >= 4 is 51.0 Å². The Morgan fingerprint density at radius 1 is 0.683 bits per heavy atom. The number of nitrogens with one attached hydrogen (secondary N) is 5. The maximum atomic E-state index is 14.5. The molecule has 0 unspecified atom stereocenters. The molecular formula is C44H45N5O9S2. The normalized spacial score (nSPS) is 19.3. The molecule has 5 aromatic rings. The van der Waals surface area contributed by atoms with E-state index < -0.39 is 76.3 Å². The highest BCUT2D eigenvalue weighted by Crippen LogP contribution is 2.21. The van der Waals surface area contributed by atoms with Gasteiger partial charge in [0, 0.05) is 24.1 Å². The van der Waals surface area contributed by atoms with Crippen molar-refractivity contribution in [2.45, 2.75) is 56.3 Å². The Balaban J connectivity index is 1.34. The first-order valence-electron chi connectivity index (χ1n) is 19.2. The van der Waals surface area contributed by atoms with Gasteiger partial charge in [-0.15, -0.1) is 11.3 Å². The Kier molecular flexibility index (Phi) is 14.8. The van der Waals surface area contributed by atoms with Crippen molar-refractivity contribution in [3.63, 3.8) is 0 Å². The van der Waals surface area contributed by atoms with Crippen molar-refractivity contribution in [2.75, 3.05) is 12.5 Å². The second-order valence-electron chi connectivity index (χ2n) is 14.3. The number of carbonyl (C=O) groups excluding carboxylic acids is 5. The summed E-state index contributed by atoms with van der Waals surface area (Å²) in [5.74, 6) is -4.37. The highest BCUT2D eigenvalue weighted by Gasteiger charge is 2.32. The fraction of sp³-hybridized carbons (Fsp3) is 0.250. The average molecular weight is 852 g/mol. The van der Waals surface area contributed by atoms with Gasteiger partial charge >= 0.3 is 0 Å². The summed E-state index contributed by atoms with van der Waals surface area (Å²) in [5, 5.41) is 15.1. The highest BCUT2D eigenvalue weighted by atomic mass is 32.2. The predicted molar refractivity (Wildman–Crippen MR) is 226 cm³/mol. The highest BCUT2D eigenvalue weighted by molar-refractivity contribution is 7.85. The predicted octanol–water partition coefficient (Wildman–Crippen LogP) is 3.37. The minimum absolute atomic E-state index is 0.0110. The van der Waals surface area contributed by atoms with Crippen LogP contribution in [0.3, 0.4) is 0 Å². The summed E-state index contributed by atoms with van der Waals surface area (Å²) in [6.45, 7) is -0.439. The number of carbonyl (C=O) groups is 5. The lowest BCUT2D eigenvalue weighted by atomic mass is 9.99. The van der Waals surface area contributed by atoms with E-state index in [0.717, 1.165) is 21.6 Å². The molecule has 1 aromatic heterocycles. The van der Waals surface area contributed by atoms with Gasteiger partial charge in [-0.2, -0.15) is 8.42 Å². The second-order valence-corrected chi connectivity index (χ2v) is 16.8. The van der Waals surface area contributed by atoms with Gasteiger partial charge in [-0.05, 0) is 64.2 Å². The molecule has 0 radical (unpaired) electrons. The number of amides is 5. The van der Waals surface area contributed by atoms with Crippen molar-refractivity contribution in [3.05, 3.63) is 148 Å². The molecule has 16 heteroatoms. The quantitative estimate of drug-likeness (QED) is 0.0850. The van der Waals surface area contributed by atoms with Crippen LogP contribution in [0.25, 0.3) is 11.1 Å². The molecule has 312 valence electrons. The monoisotopic (exact) mass is 851 g/mol. The number of thiophene rings is 1. The first-order valence-corrected chi connectivity index (χ1v) is 21.7. The molecule has 0 aliphatic carbocycles. The van der Waals surface area contributed by atoms with Gasteiger partial charge in [0.2, 0.25) is 23.6 Å². The van der Waals surface area contributed by atoms with Crippen molar-refractivity contribution in [1.29, 1.82) is 0 Å². The van der Waals surface area contributed by atoms with Gasteiger partial charge in [-0.3, -0.25) is 28.5 Å². The summed E-state index contributed by atoms with van der Waals surface area (Å²) in [6, 6.07) is 31.5. The fourth-order valence-corrected chi connectivity index (χ4v) is 7.70. The zero-order chi connectivity index (χ0) is 42.5. The average Bonchev–Trinajstić information content (AvgIpc) is 3.77. The van der Waals surface area contributed by atoms with Crippen LogP contribution in [-0.2, 0) is 59.8 Å². The number of hydrogen-bond acceptors (Lipinski definition) is 9. The van der Waals surface area contributed by atoms with Crippen LogP contribution < -0.4 is 31.3 Å². The first kappa shape index (κ1) is 43.2. The standard InChI is InChI=1S/C44H45N5O9S2/c50-40-27-58-34-20-15-31(16-21-34)24-37(41(51)45-28-60(55,56)57)48-42(52)36(22-17-29-8-3-1-4-9-29)47-43(53)38(49-44(54)39(46-40)26-35-12-7-23-59-35)25-30-13-18-33(19-14-30)32-10-5-2-6-11-32/h1-16,18-21,23,36-39H,17,22,24-28H2,(H,45,51)(H,46,50)(H,47,53)(H,48,52)(H,49,54)(H,55,56,57)/t36-,37-,38+,39-/m0/s1. The van der Waals surface area contributed by atoms with E-state index >= 15 is 0 Å². The number of fused-ring (bicyclic) bond motifs is 16. The molecule has 4 aromatic carbocycles. The lowest BCUT2D eigenvalue weighted by Gasteiger charge is -2.27. The Morgan fingerprint density at radius 2 is 1.30 bits per heavy atom. The van der Waals surface area contributed by atoms with Gasteiger partial charge in [0.25, 0.3) is 16.0 Å². The first-order chi connectivity index (χ1) is 28.9. The lowest BCUT2D eigenvalue weighted by Crippen LogP contribution is -2.59. The van der Waals surface area contributed by atoms with Gasteiger partial charge in [-0.25, -0.2) is 0 Å². The third-order valence-electron chi connectivity index (χ3n) is 9.76. The molecule has 4 atom stereocenters. The zero-order valence-corrected chi connectivity index (χ0v) is 34.0. The van der Waals surface area contributed by atoms with Crippen LogP contribution >= 0.6 is 11.3 Å². The van der Waals surface area contributed by atoms with E-state index in [4.69, 9.17) is 4.74 Å². The minimum Gasteiger partial charge on any atom is -0.484 e. The van der Waals surface area contributed by atoms with E-state index in [1.54, 1.807) is 24.3 Å². The lowest BCUT2D eigenvalue weighted by molar-refractivity contribution is -0.134. The summed E-state index contributed by atoms with van der Waals surface area (Å²) in [7, 11) is -4.61. The molecule has 14 nitrogen and oxygen atoms in total. The summed E-state index contributed by atoms with van der Waals surface area (Å²) in [4.78, 5) is 70.4. The summed E-state index contributed by atoms with van der Waals surface area (Å²) in [6.07, 6.45) is 0.444. The van der Waals surface area contributed by atoms with E-state index in [9.17, 15) is 36.9 Å². The van der Waals surface area contributed by atoms with E-state index in [1.807, 2.05) is 102 Å². The van der Waals surface area contributed by atoms with Crippen LogP contribution in [-0.4, -0.2) is 79.2 Å². The van der Waals surface area contributed by atoms with Crippen molar-refractivity contribution in [3.8, 4) is 16.9 Å². The van der Waals surface area contributed by atoms with E-state index in [0.29, 0.717) is 23.3 Å². The molecule has 0 fully saturated rings. The summed E-state index contributed by atoms with van der Waals surface area (Å²) >= 11 is 1.41. The van der Waals surface area contributed by atoms with Crippen LogP contribution in [0, 0.1) is 0 Å². The number of aryl methyl sites for hydroxylation is 1. The van der Waals surface area contributed by atoms with Gasteiger partial charge < -0.3 is 31.3 Å². The molecule has 2 aliphatic rings. The third kappa shape index (κ3) is 13.1. The van der Waals surface area contributed by atoms with Crippen molar-refractivity contribution < 1.29 is 41.7 Å². The van der Waals surface area contributed by atoms with Gasteiger partial charge in [0.05, 0.1) is 0 Å². The van der Waals surface area contributed by atoms with Crippen LogP contribution in [0.2, 0.25) is 0 Å². The molecule has 7 rings (SSSR count). The molecule has 60 heavy (non-hydrogen) atoms. The number of hydrogen-bond donors (Lipinski definition) is 6. The Hall–Kier alpha value is -6.36. The van der Waals surface area contributed by atoms with Crippen LogP contribution in [0.1, 0.15) is 28.0 Å². The van der Waals surface area contributed by atoms with E-state index in [-0.39, 0.29) is 25.7 Å². The Bertz CT molecular complexity index is 2340. The van der Waals surface area contributed by atoms with Crippen molar-refractivity contribution in [1.82, 2.24) is 26.6 Å². The van der Waals surface area contributed by atoms with Crippen LogP contribution in [0.4, 0.5) is 0 Å². The number of benzene rings is 4. The fourth-order valence-electron chi connectivity index (χ4n) is 6.63. The number of rotatable bonds is 11.